The number of hydrogen-bond donors (Lipinski definition) is 5. The Labute approximate surface area is 376 Å². The van der Waals surface area contributed by atoms with Crippen molar-refractivity contribution in [2.24, 2.45) is 16.7 Å². The Morgan fingerprint density at radius 2 is 1.61 bits per heavy atom. The number of methoxy groups -OCH3 is 2. The second kappa shape index (κ2) is 22.8. The SMILES string of the molecule is CCCC=CC=CC(=O)O[C@H]1[C@H](CC(=O)OC)C[C@H]2C[C@H]([C@@H](C)O)OC(=O)C[C@H](O)C[C@@H]3C[C@H](O[C@@H](C)O)C(C)(C)[C@](O)(C[C@@H]4CC(=CC(=O)OC)C[C@H](C=CC(C)(C)[C@]1(O)O2)O4)O3. The second-order valence-electron chi connectivity index (χ2n) is 18.8. The molecule has 0 aromatic rings. The Balaban J connectivity index is 1.87. The zero-order valence-corrected chi connectivity index (χ0v) is 38.8. The molecule has 4 rings (SSSR count). The fourth-order valence-corrected chi connectivity index (χ4v) is 9.03. The summed E-state index contributed by atoms with van der Waals surface area (Å²) in [6, 6.07) is 0. The molecule has 3 fully saturated rings. The standard InChI is InChI=1S/C47H72O17/c1-10-11-12-13-14-15-39(51)62-43-31(22-41(53)58-9)21-34-25-37(28(2)48)61-42(54)24-32(50)23-35-26-38(59-29(3)49)45(6,7)46(55,63-35)27-36-19-30(20-40(52)57-8)18-33(60-36)16-17-44(4,5)47(43,56)64-34/h12-17,20,28-29,31-38,43,48-50,55-56H,10-11,18-19,21-27H2,1-9H3/t28-,29+,31+,32-,33+,34+,35-,36+,37-,38+,43+,46+,47-/m1/s1. The van der Waals surface area contributed by atoms with Gasteiger partial charge >= 0.3 is 23.9 Å². The van der Waals surface area contributed by atoms with Gasteiger partial charge in [0.2, 0.25) is 5.79 Å². The lowest BCUT2D eigenvalue weighted by Gasteiger charge is -2.54. The number of cyclic esters (lactones) is 1. The molecule has 13 atom stereocenters. The van der Waals surface area contributed by atoms with Crippen molar-refractivity contribution in [3.05, 3.63) is 48.1 Å². The minimum atomic E-state index is -2.39. The lowest BCUT2D eigenvalue weighted by Crippen LogP contribution is -2.64. The summed E-state index contributed by atoms with van der Waals surface area (Å²) in [6.45, 7) is 11.6. The molecule has 17 nitrogen and oxygen atoms in total. The Bertz CT molecular complexity index is 1720. The maximum Gasteiger partial charge on any atom is 0.331 e. The van der Waals surface area contributed by atoms with Crippen molar-refractivity contribution in [1.82, 2.24) is 0 Å². The number of carbonyl (C=O) groups excluding carboxylic acids is 4. The van der Waals surface area contributed by atoms with Crippen LogP contribution >= 0.6 is 0 Å². The van der Waals surface area contributed by atoms with Crippen LogP contribution in [0.4, 0.5) is 0 Å². The van der Waals surface area contributed by atoms with Gasteiger partial charge < -0.3 is 63.4 Å². The number of hydrogen-bond acceptors (Lipinski definition) is 17. The predicted molar refractivity (Wildman–Crippen MR) is 229 cm³/mol. The van der Waals surface area contributed by atoms with Gasteiger partial charge in [0.05, 0.1) is 69.8 Å². The number of aliphatic hydroxyl groups is 5. The number of esters is 4. The highest BCUT2D eigenvalue weighted by Gasteiger charge is 2.60. The van der Waals surface area contributed by atoms with E-state index in [-0.39, 0.29) is 51.4 Å². The van der Waals surface area contributed by atoms with Crippen LogP contribution in [0.5, 0.6) is 0 Å². The van der Waals surface area contributed by atoms with Crippen molar-refractivity contribution in [3.8, 4) is 0 Å². The Morgan fingerprint density at radius 1 is 0.906 bits per heavy atom. The van der Waals surface area contributed by atoms with Crippen LogP contribution < -0.4 is 0 Å². The fraction of sp³-hybridized carbons (Fsp3) is 0.745. The smallest absolute Gasteiger partial charge is 0.331 e. The molecule has 362 valence electrons. The molecule has 4 aliphatic heterocycles. The third kappa shape index (κ3) is 13.8. The third-order valence-corrected chi connectivity index (χ3v) is 12.8. The van der Waals surface area contributed by atoms with Gasteiger partial charge in [-0.2, -0.15) is 0 Å². The molecular weight excluding hydrogens is 836 g/mol. The normalized spacial score (nSPS) is 36.4. The molecule has 0 aliphatic carbocycles. The van der Waals surface area contributed by atoms with Crippen LogP contribution in [0.1, 0.15) is 119 Å². The van der Waals surface area contributed by atoms with Crippen LogP contribution in [0.15, 0.2) is 48.1 Å². The van der Waals surface area contributed by atoms with Gasteiger partial charge in [0.25, 0.3) is 0 Å². The van der Waals surface area contributed by atoms with Crippen molar-refractivity contribution in [2.75, 3.05) is 14.2 Å². The number of unbranched alkanes of at least 4 members (excludes halogenated alkanes) is 1. The number of allylic oxidation sites excluding steroid dienone is 3. The van der Waals surface area contributed by atoms with Gasteiger partial charge in [-0.15, -0.1) is 0 Å². The van der Waals surface area contributed by atoms with E-state index in [1.165, 1.54) is 46.3 Å². The zero-order chi connectivity index (χ0) is 47.6. The fourth-order valence-electron chi connectivity index (χ4n) is 9.03. The van der Waals surface area contributed by atoms with Crippen molar-refractivity contribution in [3.63, 3.8) is 0 Å². The van der Waals surface area contributed by atoms with Crippen molar-refractivity contribution in [2.45, 2.75) is 192 Å². The largest absolute Gasteiger partial charge is 0.469 e. The summed E-state index contributed by atoms with van der Waals surface area (Å²) in [4.78, 5) is 52.5. The van der Waals surface area contributed by atoms with E-state index >= 15 is 0 Å². The van der Waals surface area contributed by atoms with Crippen LogP contribution in [0.2, 0.25) is 0 Å². The Kier molecular flexibility index (Phi) is 18.9. The minimum absolute atomic E-state index is 0.00172. The molecule has 4 aliphatic rings. The van der Waals surface area contributed by atoms with E-state index in [0.717, 1.165) is 12.8 Å². The summed E-state index contributed by atoms with van der Waals surface area (Å²) in [5, 5.41) is 58.0. The molecule has 4 heterocycles. The van der Waals surface area contributed by atoms with Gasteiger partial charge in [-0.25, -0.2) is 9.59 Å². The molecule has 5 N–H and O–H groups in total. The van der Waals surface area contributed by atoms with E-state index < -0.39 is 120 Å². The van der Waals surface area contributed by atoms with Crippen LogP contribution in [0.25, 0.3) is 0 Å². The van der Waals surface area contributed by atoms with Crippen LogP contribution in [-0.2, 0) is 57.1 Å². The van der Waals surface area contributed by atoms with E-state index in [1.54, 1.807) is 45.9 Å². The van der Waals surface area contributed by atoms with Crippen LogP contribution in [0.3, 0.4) is 0 Å². The molecule has 3 saturated heterocycles. The minimum Gasteiger partial charge on any atom is -0.469 e. The maximum atomic E-state index is 13.5. The zero-order valence-electron chi connectivity index (χ0n) is 38.8. The van der Waals surface area contributed by atoms with Crippen molar-refractivity contribution >= 4 is 23.9 Å². The highest BCUT2D eigenvalue weighted by molar-refractivity contribution is 5.83. The molecule has 0 amide bonds. The van der Waals surface area contributed by atoms with E-state index in [9.17, 15) is 44.7 Å². The van der Waals surface area contributed by atoms with Crippen molar-refractivity contribution < 1.29 is 82.6 Å². The Hall–Kier alpha value is -3.52. The third-order valence-electron chi connectivity index (χ3n) is 12.8. The Morgan fingerprint density at radius 3 is 2.25 bits per heavy atom. The average molecular weight is 909 g/mol. The summed E-state index contributed by atoms with van der Waals surface area (Å²) in [5.74, 6) is -8.24. The molecule has 0 aromatic carbocycles. The molecule has 17 heteroatoms. The quantitative estimate of drug-likeness (QED) is 0.0488. The van der Waals surface area contributed by atoms with E-state index in [2.05, 4.69) is 0 Å². The van der Waals surface area contributed by atoms with Gasteiger partial charge in [-0.05, 0) is 39.5 Å². The highest BCUT2D eigenvalue weighted by atomic mass is 16.7. The number of carbonyl (C=O) groups is 4. The van der Waals surface area contributed by atoms with Gasteiger partial charge in [0.1, 0.15) is 6.10 Å². The van der Waals surface area contributed by atoms with E-state index in [4.69, 9.17) is 37.9 Å². The van der Waals surface area contributed by atoms with Crippen LogP contribution in [-0.4, -0.2) is 136 Å². The molecule has 0 unspecified atom stereocenters. The summed E-state index contributed by atoms with van der Waals surface area (Å²) >= 11 is 0. The van der Waals surface area contributed by atoms with Gasteiger partial charge in [0.15, 0.2) is 18.2 Å². The topological polar surface area (TPSA) is 243 Å². The lowest BCUT2D eigenvalue weighted by molar-refractivity contribution is -0.361. The summed E-state index contributed by atoms with van der Waals surface area (Å²) in [5.41, 5.74) is -2.02. The molecule has 0 saturated carbocycles. The molecule has 0 radical (unpaired) electrons. The summed E-state index contributed by atoms with van der Waals surface area (Å²) in [7, 11) is 2.46. The van der Waals surface area contributed by atoms with E-state index in [1.807, 2.05) is 13.0 Å². The highest BCUT2D eigenvalue weighted by Crippen LogP contribution is 2.50. The first kappa shape index (κ1) is 53.1. The molecule has 6 bridgehead atoms. The maximum absolute atomic E-state index is 13.5. The van der Waals surface area contributed by atoms with Gasteiger partial charge in [0, 0.05) is 54.6 Å². The first-order valence-corrected chi connectivity index (χ1v) is 22.4. The summed E-state index contributed by atoms with van der Waals surface area (Å²) in [6.07, 6.45) is 1.07. The van der Waals surface area contributed by atoms with Crippen LogP contribution in [0, 0.1) is 16.7 Å². The van der Waals surface area contributed by atoms with Gasteiger partial charge in [-0.1, -0.05) is 77.0 Å². The number of fused-ring (bicyclic) bond motifs is 6. The lowest BCUT2D eigenvalue weighted by atomic mass is 9.70. The molecule has 64 heavy (non-hydrogen) atoms. The first-order valence-electron chi connectivity index (χ1n) is 22.4. The van der Waals surface area contributed by atoms with Gasteiger partial charge in [-0.3, -0.25) is 9.59 Å². The molecule has 0 aromatic heterocycles. The average Bonchev–Trinajstić information content (AvgIpc) is 3.19. The first-order chi connectivity index (χ1) is 29.9. The predicted octanol–water partition coefficient (Wildman–Crippen LogP) is 4.15. The number of rotatable bonds is 11. The molecular formula is C47H72O17. The summed E-state index contributed by atoms with van der Waals surface area (Å²) < 4.78 is 47.2. The second-order valence-corrected chi connectivity index (χ2v) is 18.8. The number of aliphatic hydroxyl groups excluding tert-OH is 3. The van der Waals surface area contributed by atoms with Crippen molar-refractivity contribution in [1.29, 1.82) is 0 Å². The number of ether oxygens (including phenoxy) is 8. The monoisotopic (exact) mass is 908 g/mol. The molecule has 0 spiro atoms. The van der Waals surface area contributed by atoms with E-state index in [0.29, 0.717) is 5.57 Å².